The second-order valence-corrected chi connectivity index (χ2v) is 20.6. The normalized spacial score (nSPS) is 16.0. The van der Waals surface area contributed by atoms with Crippen LogP contribution in [0.4, 0.5) is 0 Å². The Morgan fingerprint density at radius 2 is 0.528 bits per heavy atom. The van der Waals surface area contributed by atoms with Crippen LogP contribution < -0.4 is 0 Å². The van der Waals surface area contributed by atoms with E-state index in [0.717, 1.165) is 91.4 Å². The molecule has 0 saturated carbocycles. The summed E-state index contributed by atoms with van der Waals surface area (Å²) >= 11 is 0. The zero-order chi connectivity index (χ0) is 47.8. The van der Waals surface area contributed by atoms with Crippen molar-refractivity contribution in [1.29, 1.82) is 0 Å². The minimum Gasteiger partial charge on any atom is -0.297 e. The van der Waals surface area contributed by atoms with Crippen molar-refractivity contribution in [2.75, 3.05) is 52.4 Å². The highest BCUT2D eigenvalue weighted by Crippen LogP contribution is 2.35. The molecule has 2 aliphatic rings. The first-order valence-electron chi connectivity index (χ1n) is 26.4. The van der Waals surface area contributed by atoms with Crippen LogP contribution in [0.5, 0.6) is 0 Å². The maximum atomic E-state index is 2.82. The van der Waals surface area contributed by atoms with Gasteiger partial charge in [-0.3, -0.25) is 19.6 Å². The first kappa shape index (κ1) is 44.7. The van der Waals surface area contributed by atoms with E-state index in [4.69, 9.17) is 0 Å². The second-order valence-electron chi connectivity index (χ2n) is 20.6. The van der Waals surface area contributed by atoms with Crippen LogP contribution in [-0.2, 0) is 32.6 Å². The lowest BCUT2D eigenvalue weighted by atomic mass is 9.88. The van der Waals surface area contributed by atoms with Gasteiger partial charge in [-0.1, -0.05) is 182 Å². The van der Waals surface area contributed by atoms with Gasteiger partial charge in [0, 0.05) is 78.5 Å². The van der Waals surface area contributed by atoms with Crippen LogP contribution in [0.15, 0.2) is 200 Å². The van der Waals surface area contributed by atoms with E-state index in [1.54, 1.807) is 0 Å². The van der Waals surface area contributed by atoms with E-state index in [-0.39, 0.29) is 0 Å². The molecule has 11 aromatic carbocycles. The number of rotatable bonds is 8. The Morgan fingerprint density at radius 1 is 0.278 bits per heavy atom. The SMILES string of the molecule is C1=Cc2cc3ccccc3c(CN3CCN(Cc4c5ccccc5cc5ccccc45)CCN(Cc4c5ccccc5cc5ccccc45)CCN(Cc4c5ccccc5cc5ccccc45)CC3)c2CC1. The molecule has 13 rings (SSSR count). The first-order valence-corrected chi connectivity index (χ1v) is 26.4. The molecule has 1 saturated heterocycles. The van der Waals surface area contributed by atoms with Crippen molar-refractivity contribution in [2.24, 2.45) is 0 Å². The molecule has 0 aromatic heterocycles. The Bertz CT molecular complexity index is 3530. The zero-order valence-corrected chi connectivity index (χ0v) is 41.3. The van der Waals surface area contributed by atoms with Crippen molar-refractivity contribution in [1.82, 2.24) is 19.6 Å². The lowest BCUT2D eigenvalue weighted by Crippen LogP contribution is -2.45. The van der Waals surface area contributed by atoms with E-state index < -0.39 is 0 Å². The maximum absolute atomic E-state index is 2.82. The highest BCUT2D eigenvalue weighted by molar-refractivity contribution is 6.04. The topological polar surface area (TPSA) is 13.0 Å². The molecule has 1 heterocycles. The number of benzene rings is 11. The van der Waals surface area contributed by atoms with E-state index in [2.05, 4.69) is 226 Å². The molecule has 1 fully saturated rings. The zero-order valence-electron chi connectivity index (χ0n) is 41.3. The molecule has 0 spiro atoms. The molecule has 1 aliphatic heterocycles. The summed E-state index contributed by atoms with van der Waals surface area (Å²) in [5.74, 6) is 0. The van der Waals surface area contributed by atoms with Crippen LogP contribution in [0.3, 0.4) is 0 Å². The van der Waals surface area contributed by atoms with Gasteiger partial charge in [0.15, 0.2) is 0 Å². The van der Waals surface area contributed by atoms with Crippen molar-refractivity contribution in [3.63, 3.8) is 0 Å². The predicted molar refractivity (Wildman–Crippen MR) is 307 cm³/mol. The molecule has 0 N–H and O–H groups in total. The van der Waals surface area contributed by atoms with Gasteiger partial charge < -0.3 is 0 Å². The standard InChI is InChI=1S/C68H62N4/c1-9-25-57-49(17-1)41-50-18-2-10-26-58(50)65(57)45-69-33-35-70(46-66-59-27-11-3-19-51(59)42-52-20-4-12-28-60(52)66)37-39-72(48-68-63-31-15-7-23-55(63)44-56-24-8-16-32-64(56)68)40-38-71(36-34-69)47-67-61-29-13-5-21-53(61)43-54-22-6-14-30-62(54)67/h1-15,17-31,41-44H,16,32-40,45-48H2. The third kappa shape index (κ3) is 8.84. The van der Waals surface area contributed by atoms with Gasteiger partial charge in [0.1, 0.15) is 0 Å². The molecule has 0 atom stereocenters. The average molecular weight is 935 g/mol. The van der Waals surface area contributed by atoms with E-state index in [1.807, 2.05) is 0 Å². The van der Waals surface area contributed by atoms with Gasteiger partial charge in [0.25, 0.3) is 0 Å². The van der Waals surface area contributed by atoms with Crippen LogP contribution in [0, 0.1) is 0 Å². The number of nitrogens with zero attached hydrogens (tertiary/aromatic N) is 4. The van der Waals surface area contributed by atoms with Gasteiger partial charge in [0.2, 0.25) is 0 Å². The van der Waals surface area contributed by atoms with Gasteiger partial charge in [0.05, 0.1) is 0 Å². The fourth-order valence-corrected chi connectivity index (χ4v) is 12.5. The second kappa shape index (κ2) is 19.8. The number of hydrogen-bond donors (Lipinski definition) is 0. The molecule has 1 aliphatic carbocycles. The summed E-state index contributed by atoms with van der Waals surface area (Å²) in [7, 11) is 0. The largest absolute Gasteiger partial charge is 0.297 e. The Morgan fingerprint density at radius 3 is 0.833 bits per heavy atom. The number of fused-ring (bicyclic) bond motifs is 8. The predicted octanol–water partition coefficient (Wildman–Crippen LogP) is 15.0. The molecule has 0 bridgehead atoms. The number of allylic oxidation sites excluding steroid dienone is 1. The van der Waals surface area contributed by atoms with Crippen LogP contribution >= 0.6 is 0 Å². The molecule has 4 heteroatoms. The molecule has 0 unspecified atom stereocenters. The molecule has 4 nitrogen and oxygen atoms in total. The van der Waals surface area contributed by atoms with Gasteiger partial charge in [-0.25, -0.2) is 0 Å². The summed E-state index contributed by atoms with van der Waals surface area (Å²) in [5.41, 5.74) is 8.78. The molecule has 72 heavy (non-hydrogen) atoms. The first-order chi connectivity index (χ1) is 35.7. The lowest BCUT2D eigenvalue weighted by Gasteiger charge is -2.35. The Kier molecular flexibility index (Phi) is 12.3. The van der Waals surface area contributed by atoms with Crippen LogP contribution in [0.1, 0.15) is 39.8 Å². The summed E-state index contributed by atoms with van der Waals surface area (Å²) in [5, 5.41) is 18.9. The fraction of sp³-hybridized carbons (Fsp3) is 0.206. The van der Waals surface area contributed by atoms with Gasteiger partial charge in [-0.2, -0.15) is 0 Å². The summed E-state index contributed by atoms with van der Waals surface area (Å²) in [6, 6.07) is 73.1. The third-order valence-electron chi connectivity index (χ3n) is 16.3. The lowest BCUT2D eigenvalue weighted by molar-refractivity contribution is 0.123. The summed E-state index contributed by atoms with van der Waals surface area (Å²) in [6.07, 6.45) is 6.95. The monoisotopic (exact) mass is 934 g/mol. The van der Waals surface area contributed by atoms with Gasteiger partial charge in [-0.15, -0.1) is 0 Å². The van der Waals surface area contributed by atoms with E-state index in [1.165, 1.54) is 109 Å². The van der Waals surface area contributed by atoms with Gasteiger partial charge in [-0.05, 0) is 146 Å². The number of hydrogen-bond acceptors (Lipinski definition) is 4. The summed E-state index contributed by atoms with van der Waals surface area (Å²) in [4.78, 5) is 11.2. The summed E-state index contributed by atoms with van der Waals surface area (Å²) in [6.45, 7) is 11.4. The minimum absolute atomic E-state index is 0.894. The highest BCUT2D eigenvalue weighted by atomic mass is 15.3. The Balaban J connectivity index is 0.918. The van der Waals surface area contributed by atoms with Crippen LogP contribution in [0.2, 0.25) is 0 Å². The molecular formula is C68H62N4. The fourth-order valence-electron chi connectivity index (χ4n) is 12.5. The van der Waals surface area contributed by atoms with Crippen molar-refractivity contribution in [3.05, 3.63) is 234 Å². The van der Waals surface area contributed by atoms with Crippen LogP contribution in [-0.4, -0.2) is 72.0 Å². The van der Waals surface area contributed by atoms with E-state index in [9.17, 15) is 0 Å². The van der Waals surface area contributed by atoms with Crippen molar-refractivity contribution in [3.8, 4) is 0 Å². The van der Waals surface area contributed by atoms with E-state index in [0.29, 0.717) is 0 Å². The Hall–Kier alpha value is -7.18. The summed E-state index contributed by atoms with van der Waals surface area (Å²) < 4.78 is 0. The van der Waals surface area contributed by atoms with Crippen LogP contribution in [0.25, 0.3) is 81.5 Å². The smallest absolute Gasteiger partial charge is 0.0247 e. The average Bonchev–Trinajstić information content (AvgIpc) is 3.42. The van der Waals surface area contributed by atoms with Crippen molar-refractivity contribution < 1.29 is 0 Å². The molecule has 11 aromatic rings. The van der Waals surface area contributed by atoms with Gasteiger partial charge >= 0.3 is 0 Å². The molecule has 0 amide bonds. The minimum atomic E-state index is 0.894. The Labute approximate surface area is 424 Å². The quantitative estimate of drug-likeness (QED) is 0.141. The van der Waals surface area contributed by atoms with Crippen molar-refractivity contribution >= 4 is 81.5 Å². The molecule has 0 radical (unpaired) electrons. The molecule has 354 valence electrons. The van der Waals surface area contributed by atoms with Crippen molar-refractivity contribution in [2.45, 2.75) is 39.0 Å². The maximum Gasteiger partial charge on any atom is 0.0247 e. The molecular weight excluding hydrogens is 873 g/mol. The highest BCUT2D eigenvalue weighted by Gasteiger charge is 2.24. The van der Waals surface area contributed by atoms with E-state index >= 15 is 0 Å². The third-order valence-corrected chi connectivity index (χ3v) is 16.3.